The molecule has 4 aromatic carbocycles. The average Bonchev–Trinajstić information content (AvgIpc) is 3.99. The molecule has 0 radical (unpaired) electrons. The smallest absolute Gasteiger partial charge is 0.189 e. The molecule has 6 aromatic rings. The van der Waals surface area contributed by atoms with E-state index >= 15 is 0 Å². The van der Waals surface area contributed by atoms with Gasteiger partial charge in [0.2, 0.25) is 0 Å². The molecule has 0 saturated heterocycles. The molecule has 2 aliphatic rings. The molecule has 2 fully saturated rings. The van der Waals surface area contributed by atoms with Crippen LogP contribution in [0.2, 0.25) is 0 Å². The Kier molecular flexibility index (Phi) is 13.4. The van der Waals surface area contributed by atoms with E-state index in [4.69, 9.17) is 9.47 Å². The maximum atomic E-state index is 14.0. The topological polar surface area (TPSA) is 154 Å². The Morgan fingerprint density at radius 1 is 0.603 bits per heavy atom. The van der Waals surface area contributed by atoms with Crippen LogP contribution in [0.5, 0.6) is 23.0 Å². The van der Waals surface area contributed by atoms with Gasteiger partial charge in [-0.3, -0.25) is 9.59 Å². The molecule has 2 N–H and O–H groups in total. The molecular formula is C49H48F2N6O6. The molecule has 2 heterocycles. The first-order chi connectivity index (χ1) is 30.6. The second-order valence-electron chi connectivity index (χ2n) is 16.2. The Bertz CT molecular complexity index is 2460. The normalized spacial score (nSPS) is 15.0. The molecule has 0 bridgehead atoms. The number of carbonyl (C=O) groups is 2. The van der Waals surface area contributed by atoms with Crippen molar-refractivity contribution in [1.82, 2.24) is 30.0 Å². The van der Waals surface area contributed by atoms with Gasteiger partial charge in [0.05, 0.1) is 35.6 Å². The molecule has 2 aromatic heterocycles. The van der Waals surface area contributed by atoms with Crippen LogP contribution in [-0.2, 0) is 19.6 Å². The molecule has 2 saturated carbocycles. The van der Waals surface area contributed by atoms with E-state index in [0.717, 1.165) is 98.9 Å². The zero-order chi connectivity index (χ0) is 43.7. The number of halogens is 2. The maximum Gasteiger partial charge on any atom is 0.189 e. The van der Waals surface area contributed by atoms with Crippen LogP contribution >= 0.6 is 0 Å². The summed E-state index contributed by atoms with van der Waals surface area (Å²) in [6.07, 6.45) is 21.2. The summed E-state index contributed by atoms with van der Waals surface area (Å²) in [6.45, 7) is 0.261. The average molecular weight is 855 g/mol. The van der Waals surface area contributed by atoms with Crippen molar-refractivity contribution in [2.45, 2.75) is 95.9 Å². The van der Waals surface area contributed by atoms with Gasteiger partial charge in [-0.1, -0.05) is 61.1 Å². The molecule has 0 spiro atoms. The highest BCUT2D eigenvalue weighted by molar-refractivity contribution is 6.09. The largest absolute Gasteiger partial charge is 0.507 e. The molecule has 2 aliphatic carbocycles. The summed E-state index contributed by atoms with van der Waals surface area (Å²) in [7, 11) is 0. The van der Waals surface area contributed by atoms with E-state index < -0.39 is 23.2 Å². The molecule has 12 nitrogen and oxygen atoms in total. The molecule has 0 amide bonds. The molecule has 324 valence electrons. The maximum absolute atomic E-state index is 14.0. The Balaban J connectivity index is 1.05. The number of ether oxygens (including phenoxy) is 2. The van der Waals surface area contributed by atoms with Crippen molar-refractivity contribution in [1.29, 1.82) is 0 Å². The quantitative estimate of drug-likeness (QED) is 0.0710. The Hall–Kier alpha value is -6.96. The molecular weight excluding hydrogens is 807 g/mol. The van der Waals surface area contributed by atoms with Crippen LogP contribution in [0.1, 0.15) is 131 Å². The van der Waals surface area contributed by atoms with Crippen LogP contribution in [0.4, 0.5) is 8.78 Å². The fourth-order valence-corrected chi connectivity index (χ4v) is 8.21. The number of benzene rings is 4. The second kappa shape index (κ2) is 19.8. The van der Waals surface area contributed by atoms with Gasteiger partial charge in [-0.05, 0) is 128 Å². The summed E-state index contributed by atoms with van der Waals surface area (Å²) in [5.41, 5.74) is 3.76. The summed E-state index contributed by atoms with van der Waals surface area (Å²) < 4.78 is 44.4. The Labute approximate surface area is 363 Å². The lowest BCUT2D eigenvalue weighted by Crippen LogP contribution is -2.13. The molecule has 14 heteroatoms. The number of hydrogen-bond acceptors (Lipinski definition) is 10. The van der Waals surface area contributed by atoms with Crippen LogP contribution in [0.25, 0.3) is 12.2 Å². The highest BCUT2D eigenvalue weighted by Crippen LogP contribution is 2.31. The minimum absolute atomic E-state index is 0.131. The first-order valence-electron chi connectivity index (χ1n) is 21.4. The van der Waals surface area contributed by atoms with Crippen molar-refractivity contribution in [2.24, 2.45) is 0 Å². The fourth-order valence-electron chi connectivity index (χ4n) is 8.21. The number of carbonyl (C=O) groups excluding carboxylic acids is 2. The third-order valence-electron chi connectivity index (χ3n) is 11.6. The molecule has 0 unspecified atom stereocenters. The summed E-state index contributed by atoms with van der Waals surface area (Å²) >= 11 is 0. The number of aromatic hydroxyl groups is 2. The summed E-state index contributed by atoms with van der Waals surface area (Å²) in [5, 5.41) is 37.9. The first-order valence-corrected chi connectivity index (χ1v) is 21.4. The SMILES string of the molecule is O=C(/C=C/c1cc(Cc2ccc(OCc3cn(C4CCCCC4)nn3)c(/C=C/C(=O)c3cc(F)ccc3O)c2)ccc1OCc1cn(C2CCCCC2)nn1)c1cc(F)ccc1O. The lowest BCUT2D eigenvalue weighted by Gasteiger charge is -2.20. The number of rotatable bonds is 16. The van der Waals surface area contributed by atoms with Crippen LogP contribution in [0, 0.1) is 11.6 Å². The molecule has 63 heavy (non-hydrogen) atoms. The van der Waals surface area contributed by atoms with Crippen molar-refractivity contribution in [2.75, 3.05) is 0 Å². The number of aromatic nitrogens is 6. The zero-order valence-corrected chi connectivity index (χ0v) is 34.7. The lowest BCUT2D eigenvalue weighted by molar-refractivity contribution is 0.103. The number of allylic oxidation sites excluding steroid dienone is 2. The van der Waals surface area contributed by atoms with Crippen molar-refractivity contribution in [3.05, 3.63) is 154 Å². The third-order valence-corrected chi connectivity index (χ3v) is 11.6. The van der Waals surface area contributed by atoms with E-state index in [2.05, 4.69) is 20.6 Å². The second-order valence-corrected chi connectivity index (χ2v) is 16.2. The van der Waals surface area contributed by atoms with Gasteiger partial charge in [-0.15, -0.1) is 10.2 Å². The first kappa shape index (κ1) is 42.7. The Morgan fingerprint density at radius 2 is 1.03 bits per heavy atom. The summed E-state index contributed by atoms with van der Waals surface area (Å²) in [6, 6.07) is 18.2. The molecule has 0 atom stereocenters. The minimum atomic E-state index is -0.651. The van der Waals surface area contributed by atoms with Crippen molar-refractivity contribution in [3.8, 4) is 23.0 Å². The predicted molar refractivity (Wildman–Crippen MR) is 232 cm³/mol. The van der Waals surface area contributed by atoms with Crippen LogP contribution in [-0.4, -0.2) is 51.8 Å². The molecule has 8 rings (SSSR count). The number of ketones is 2. The minimum Gasteiger partial charge on any atom is -0.507 e. The van der Waals surface area contributed by atoms with Gasteiger partial charge >= 0.3 is 0 Å². The number of phenols is 2. The van der Waals surface area contributed by atoms with E-state index in [0.29, 0.717) is 52.5 Å². The van der Waals surface area contributed by atoms with E-state index in [-0.39, 0.29) is 35.8 Å². The van der Waals surface area contributed by atoms with Crippen molar-refractivity contribution >= 4 is 23.7 Å². The van der Waals surface area contributed by atoms with Gasteiger partial charge in [-0.2, -0.15) is 0 Å². The van der Waals surface area contributed by atoms with Gasteiger partial charge in [0, 0.05) is 11.1 Å². The summed E-state index contributed by atoms with van der Waals surface area (Å²) in [5.74, 6) is -2.24. The number of hydrogen-bond donors (Lipinski definition) is 2. The van der Waals surface area contributed by atoms with Crippen molar-refractivity contribution < 1.29 is 38.1 Å². The highest BCUT2D eigenvalue weighted by atomic mass is 19.1. The standard InChI is InChI=1S/C49H48F2N6O6/c50-36-15-19-46(60)42(26-36)44(58)17-13-34-24-32(11-21-48(34)62-30-38-28-56(54-52-38)40-7-3-1-4-8-40)23-33-12-22-49(63-31-39-29-57(55-53-39)41-9-5-2-6-10-41)35(25-33)14-18-45(59)43-27-37(51)16-20-47(43)61/h11-22,24-29,40-41,60-61H,1-10,23,30-31H2/b17-13+,18-14+. The van der Waals surface area contributed by atoms with E-state index in [1.54, 1.807) is 24.3 Å². The van der Waals surface area contributed by atoms with Crippen LogP contribution in [0.3, 0.4) is 0 Å². The van der Waals surface area contributed by atoms with Gasteiger partial charge in [0.25, 0.3) is 0 Å². The van der Waals surface area contributed by atoms with Gasteiger partial charge in [-0.25, -0.2) is 18.1 Å². The number of nitrogens with zero attached hydrogens (tertiary/aromatic N) is 6. The van der Waals surface area contributed by atoms with Crippen LogP contribution in [0.15, 0.2) is 97.3 Å². The predicted octanol–water partition coefficient (Wildman–Crippen LogP) is 10.1. The fraction of sp³-hybridized carbons (Fsp3) is 0.306. The van der Waals surface area contributed by atoms with Gasteiger partial charge < -0.3 is 19.7 Å². The van der Waals surface area contributed by atoms with Gasteiger partial charge in [0.1, 0.15) is 59.2 Å². The lowest BCUT2D eigenvalue weighted by atomic mass is 9.96. The van der Waals surface area contributed by atoms with Gasteiger partial charge in [0.15, 0.2) is 11.6 Å². The third kappa shape index (κ3) is 10.9. The van der Waals surface area contributed by atoms with Crippen molar-refractivity contribution in [3.63, 3.8) is 0 Å². The highest BCUT2D eigenvalue weighted by Gasteiger charge is 2.19. The van der Waals surface area contributed by atoms with E-state index in [9.17, 15) is 28.6 Å². The summed E-state index contributed by atoms with van der Waals surface area (Å²) in [4.78, 5) is 26.3. The zero-order valence-electron chi connectivity index (χ0n) is 34.7. The van der Waals surface area contributed by atoms with E-state index in [1.807, 2.05) is 46.0 Å². The number of phenolic OH excluding ortho intramolecular Hbond substituents is 2. The van der Waals surface area contributed by atoms with E-state index in [1.165, 1.54) is 25.0 Å². The van der Waals surface area contributed by atoms with Crippen LogP contribution < -0.4 is 9.47 Å². The monoisotopic (exact) mass is 854 g/mol. The Morgan fingerprint density at radius 3 is 1.46 bits per heavy atom. The molecule has 0 aliphatic heterocycles.